The third-order valence-electron chi connectivity index (χ3n) is 3.36. The third kappa shape index (κ3) is 2.24. The number of aromatic amines is 1. The summed E-state index contributed by atoms with van der Waals surface area (Å²) in [5, 5.41) is 3.42. The summed E-state index contributed by atoms with van der Waals surface area (Å²) in [6.45, 7) is 2.19. The van der Waals surface area contributed by atoms with Crippen LogP contribution in [0.4, 0.5) is 0 Å². The van der Waals surface area contributed by atoms with Crippen molar-refractivity contribution in [2.75, 3.05) is 13.1 Å². The molecule has 0 spiro atoms. The summed E-state index contributed by atoms with van der Waals surface area (Å²) < 4.78 is 0. The SMILES string of the molecule is c1ccc(-c2cnc([C@H]3CCCNC3)[nH]2)cc1. The molecule has 1 saturated heterocycles. The maximum atomic E-state index is 4.52. The zero-order valence-corrected chi connectivity index (χ0v) is 9.82. The van der Waals surface area contributed by atoms with Gasteiger partial charge in [0, 0.05) is 12.5 Å². The Morgan fingerprint density at radius 1 is 1.18 bits per heavy atom. The minimum atomic E-state index is 0.543. The molecule has 2 heterocycles. The fourth-order valence-electron chi connectivity index (χ4n) is 2.39. The topological polar surface area (TPSA) is 40.7 Å². The standard InChI is InChI=1S/C14H17N3/c1-2-5-11(6-3-1)13-10-16-14(17-13)12-7-4-8-15-9-12/h1-3,5-6,10,12,15H,4,7-9H2,(H,16,17)/t12-/m0/s1. The molecule has 0 bridgehead atoms. The lowest BCUT2D eigenvalue weighted by Crippen LogP contribution is -2.28. The van der Waals surface area contributed by atoms with E-state index in [-0.39, 0.29) is 0 Å². The molecule has 1 fully saturated rings. The Kier molecular flexibility index (Phi) is 2.92. The average Bonchev–Trinajstić information content (AvgIpc) is 2.90. The van der Waals surface area contributed by atoms with E-state index in [0.717, 1.165) is 24.6 Å². The van der Waals surface area contributed by atoms with Gasteiger partial charge in [-0.25, -0.2) is 4.98 Å². The average molecular weight is 227 g/mol. The highest BCUT2D eigenvalue weighted by Gasteiger charge is 2.18. The predicted molar refractivity (Wildman–Crippen MR) is 68.9 cm³/mol. The van der Waals surface area contributed by atoms with Gasteiger partial charge in [0.25, 0.3) is 0 Å². The molecular weight excluding hydrogens is 210 g/mol. The number of piperidine rings is 1. The van der Waals surface area contributed by atoms with Crippen molar-refractivity contribution in [3.05, 3.63) is 42.4 Å². The first-order valence-corrected chi connectivity index (χ1v) is 6.24. The van der Waals surface area contributed by atoms with Gasteiger partial charge in [0.2, 0.25) is 0 Å². The molecule has 3 nitrogen and oxygen atoms in total. The molecule has 17 heavy (non-hydrogen) atoms. The van der Waals surface area contributed by atoms with E-state index in [0.29, 0.717) is 5.92 Å². The van der Waals surface area contributed by atoms with Gasteiger partial charge in [-0.05, 0) is 24.9 Å². The number of rotatable bonds is 2. The number of H-pyrrole nitrogens is 1. The third-order valence-corrected chi connectivity index (χ3v) is 3.36. The zero-order chi connectivity index (χ0) is 11.5. The number of nitrogens with zero attached hydrogens (tertiary/aromatic N) is 1. The van der Waals surface area contributed by atoms with Crippen molar-refractivity contribution < 1.29 is 0 Å². The van der Waals surface area contributed by atoms with Gasteiger partial charge in [-0.1, -0.05) is 30.3 Å². The van der Waals surface area contributed by atoms with Crippen LogP contribution in [0, 0.1) is 0 Å². The number of imidazole rings is 1. The Hall–Kier alpha value is -1.61. The van der Waals surface area contributed by atoms with Crippen LogP contribution in [0.25, 0.3) is 11.3 Å². The van der Waals surface area contributed by atoms with E-state index in [2.05, 4.69) is 39.6 Å². The molecule has 1 aliphatic rings. The second-order valence-corrected chi connectivity index (χ2v) is 4.59. The molecule has 0 aliphatic carbocycles. The van der Waals surface area contributed by atoms with Gasteiger partial charge in [0.05, 0.1) is 11.9 Å². The molecule has 3 rings (SSSR count). The van der Waals surface area contributed by atoms with Gasteiger partial charge in [0.15, 0.2) is 0 Å². The van der Waals surface area contributed by atoms with Crippen molar-refractivity contribution in [1.82, 2.24) is 15.3 Å². The van der Waals surface area contributed by atoms with E-state index in [1.54, 1.807) is 0 Å². The van der Waals surface area contributed by atoms with Gasteiger partial charge in [-0.15, -0.1) is 0 Å². The number of benzene rings is 1. The zero-order valence-electron chi connectivity index (χ0n) is 9.82. The first kappa shape index (κ1) is 10.5. The van der Waals surface area contributed by atoms with Crippen molar-refractivity contribution >= 4 is 0 Å². The molecule has 1 aliphatic heterocycles. The molecule has 0 amide bonds. The van der Waals surface area contributed by atoms with Crippen LogP contribution in [0.5, 0.6) is 0 Å². The van der Waals surface area contributed by atoms with E-state index in [9.17, 15) is 0 Å². The minimum absolute atomic E-state index is 0.543. The van der Waals surface area contributed by atoms with Crippen molar-refractivity contribution in [3.63, 3.8) is 0 Å². The maximum absolute atomic E-state index is 4.52. The Bertz CT molecular complexity index is 469. The second kappa shape index (κ2) is 4.72. The number of hydrogen-bond acceptors (Lipinski definition) is 2. The van der Waals surface area contributed by atoms with Crippen LogP contribution in [0.2, 0.25) is 0 Å². The van der Waals surface area contributed by atoms with Crippen LogP contribution in [0.15, 0.2) is 36.5 Å². The van der Waals surface area contributed by atoms with Gasteiger partial charge >= 0.3 is 0 Å². The molecular formula is C14H17N3. The van der Waals surface area contributed by atoms with E-state index < -0.39 is 0 Å². The van der Waals surface area contributed by atoms with Crippen molar-refractivity contribution in [1.29, 1.82) is 0 Å². The molecule has 88 valence electrons. The number of nitrogens with one attached hydrogen (secondary N) is 2. The summed E-state index contributed by atoms with van der Waals surface area (Å²) in [6.07, 6.45) is 4.42. The molecule has 1 atom stereocenters. The van der Waals surface area contributed by atoms with Crippen molar-refractivity contribution in [2.45, 2.75) is 18.8 Å². The second-order valence-electron chi connectivity index (χ2n) is 4.59. The Morgan fingerprint density at radius 3 is 2.82 bits per heavy atom. The van der Waals surface area contributed by atoms with Crippen LogP contribution in [0.1, 0.15) is 24.6 Å². The van der Waals surface area contributed by atoms with Crippen LogP contribution < -0.4 is 5.32 Å². The highest BCUT2D eigenvalue weighted by atomic mass is 15.0. The van der Waals surface area contributed by atoms with Gasteiger partial charge in [-0.3, -0.25) is 0 Å². The van der Waals surface area contributed by atoms with Crippen LogP contribution in [-0.4, -0.2) is 23.1 Å². The summed E-state index contributed by atoms with van der Waals surface area (Å²) >= 11 is 0. The largest absolute Gasteiger partial charge is 0.342 e. The summed E-state index contributed by atoms with van der Waals surface area (Å²) in [6, 6.07) is 10.4. The molecule has 0 radical (unpaired) electrons. The fourth-order valence-corrected chi connectivity index (χ4v) is 2.39. The predicted octanol–water partition coefficient (Wildman–Crippen LogP) is 2.54. The van der Waals surface area contributed by atoms with Crippen LogP contribution in [-0.2, 0) is 0 Å². The lowest BCUT2D eigenvalue weighted by molar-refractivity contribution is 0.449. The molecule has 1 aromatic carbocycles. The first-order valence-electron chi connectivity index (χ1n) is 6.24. The monoisotopic (exact) mass is 227 g/mol. The quantitative estimate of drug-likeness (QED) is 0.827. The molecule has 2 N–H and O–H groups in total. The summed E-state index contributed by atoms with van der Waals surface area (Å²) in [5.74, 6) is 1.66. The minimum Gasteiger partial charge on any atom is -0.342 e. The molecule has 3 heteroatoms. The highest BCUT2D eigenvalue weighted by Crippen LogP contribution is 2.23. The molecule has 2 aromatic rings. The van der Waals surface area contributed by atoms with Gasteiger partial charge in [-0.2, -0.15) is 0 Å². The van der Waals surface area contributed by atoms with E-state index in [4.69, 9.17) is 0 Å². The lowest BCUT2D eigenvalue weighted by Gasteiger charge is -2.20. The smallest absolute Gasteiger partial charge is 0.110 e. The van der Waals surface area contributed by atoms with Gasteiger partial charge < -0.3 is 10.3 Å². The van der Waals surface area contributed by atoms with E-state index >= 15 is 0 Å². The maximum Gasteiger partial charge on any atom is 0.110 e. The summed E-state index contributed by atoms with van der Waals surface area (Å²) in [4.78, 5) is 7.97. The Morgan fingerprint density at radius 2 is 2.06 bits per heavy atom. The molecule has 0 unspecified atom stereocenters. The lowest BCUT2D eigenvalue weighted by atomic mass is 9.99. The Balaban J connectivity index is 1.83. The fraction of sp³-hybridized carbons (Fsp3) is 0.357. The highest BCUT2D eigenvalue weighted by molar-refractivity contribution is 5.58. The van der Waals surface area contributed by atoms with Crippen molar-refractivity contribution in [3.8, 4) is 11.3 Å². The molecule has 1 aromatic heterocycles. The summed E-state index contributed by atoms with van der Waals surface area (Å²) in [5.41, 5.74) is 2.32. The summed E-state index contributed by atoms with van der Waals surface area (Å²) in [7, 11) is 0. The molecule has 0 saturated carbocycles. The first-order chi connectivity index (χ1) is 8.43. The Labute approximate surface area is 101 Å². The van der Waals surface area contributed by atoms with Crippen LogP contribution in [0.3, 0.4) is 0 Å². The van der Waals surface area contributed by atoms with E-state index in [1.807, 2.05) is 12.3 Å². The van der Waals surface area contributed by atoms with Crippen molar-refractivity contribution in [2.24, 2.45) is 0 Å². The van der Waals surface area contributed by atoms with E-state index in [1.165, 1.54) is 18.4 Å². The number of hydrogen-bond donors (Lipinski definition) is 2. The normalized spacial score (nSPS) is 20.4. The van der Waals surface area contributed by atoms with Gasteiger partial charge in [0.1, 0.15) is 5.82 Å². The number of aromatic nitrogens is 2. The van der Waals surface area contributed by atoms with Crippen LogP contribution >= 0.6 is 0 Å².